The summed E-state index contributed by atoms with van der Waals surface area (Å²) >= 11 is 0. The van der Waals surface area contributed by atoms with Crippen LogP contribution in [0.25, 0.3) is 28.2 Å². The number of rotatable bonds is 6. The molecule has 0 fully saturated rings. The molecule has 0 radical (unpaired) electrons. The number of hydrogen-bond donors (Lipinski definition) is 0. The van der Waals surface area contributed by atoms with Crippen molar-refractivity contribution in [3.63, 3.8) is 0 Å². The van der Waals surface area contributed by atoms with Crippen molar-refractivity contribution in [2.45, 2.75) is 6.54 Å². The SMILES string of the molecule is COc1ccc(-c2nn(-c3ccccc3)cc2Cn2cc(-c3ccccc3)nn2)cc1. The summed E-state index contributed by atoms with van der Waals surface area (Å²) < 4.78 is 9.06. The number of benzene rings is 3. The zero-order valence-electron chi connectivity index (χ0n) is 17.1. The molecule has 3 aromatic carbocycles. The summed E-state index contributed by atoms with van der Waals surface area (Å²) in [4.78, 5) is 0. The van der Waals surface area contributed by atoms with Crippen molar-refractivity contribution in [2.24, 2.45) is 0 Å². The van der Waals surface area contributed by atoms with Gasteiger partial charge in [-0.25, -0.2) is 9.36 Å². The van der Waals surface area contributed by atoms with Gasteiger partial charge in [0.25, 0.3) is 0 Å². The van der Waals surface area contributed by atoms with Crippen LogP contribution in [0.2, 0.25) is 0 Å². The van der Waals surface area contributed by atoms with Crippen molar-refractivity contribution in [3.8, 4) is 34.0 Å². The van der Waals surface area contributed by atoms with Gasteiger partial charge in [-0.15, -0.1) is 5.10 Å². The Labute approximate surface area is 180 Å². The van der Waals surface area contributed by atoms with Crippen LogP contribution in [0.3, 0.4) is 0 Å². The largest absolute Gasteiger partial charge is 0.497 e. The quantitative estimate of drug-likeness (QED) is 0.404. The lowest BCUT2D eigenvalue weighted by atomic mass is 10.1. The summed E-state index contributed by atoms with van der Waals surface area (Å²) in [5, 5.41) is 13.6. The Morgan fingerprint density at radius 2 is 1.48 bits per heavy atom. The van der Waals surface area contributed by atoms with Crippen LogP contribution in [-0.2, 0) is 6.54 Å². The number of ether oxygens (including phenoxy) is 1. The normalized spacial score (nSPS) is 10.9. The average molecular weight is 407 g/mol. The van der Waals surface area contributed by atoms with Gasteiger partial charge in [-0.1, -0.05) is 53.7 Å². The van der Waals surface area contributed by atoms with E-state index in [0.29, 0.717) is 6.54 Å². The first-order valence-electron chi connectivity index (χ1n) is 10.0. The van der Waals surface area contributed by atoms with Gasteiger partial charge in [-0.2, -0.15) is 5.10 Å². The van der Waals surface area contributed by atoms with E-state index >= 15 is 0 Å². The van der Waals surface area contributed by atoms with Gasteiger partial charge >= 0.3 is 0 Å². The van der Waals surface area contributed by atoms with E-state index in [1.807, 2.05) is 100 Å². The van der Waals surface area contributed by atoms with Gasteiger partial charge in [0.2, 0.25) is 0 Å². The number of methoxy groups -OCH3 is 1. The van der Waals surface area contributed by atoms with Crippen molar-refractivity contribution < 1.29 is 4.74 Å². The molecule has 0 saturated carbocycles. The van der Waals surface area contributed by atoms with Gasteiger partial charge in [-0.3, -0.25) is 0 Å². The van der Waals surface area contributed by atoms with Crippen molar-refractivity contribution in [3.05, 3.63) is 103 Å². The van der Waals surface area contributed by atoms with Crippen LogP contribution in [0.4, 0.5) is 0 Å². The van der Waals surface area contributed by atoms with E-state index in [1.165, 1.54) is 0 Å². The summed E-state index contributed by atoms with van der Waals surface area (Å²) in [5.41, 5.74) is 5.88. The molecule has 31 heavy (non-hydrogen) atoms. The minimum absolute atomic E-state index is 0.564. The third-order valence-corrected chi connectivity index (χ3v) is 5.11. The fourth-order valence-electron chi connectivity index (χ4n) is 3.52. The van der Waals surface area contributed by atoms with E-state index in [9.17, 15) is 0 Å². The monoisotopic (exact) mass is 407 g/mol. The van der Waals surface area contributed by atoms with Gasteiger partial charge in [-0.05, 0) is 36.4 Å². The zero-order chi connectivity index (χ0) is 21.0. The van der Waals surface area contributed by atoms with Crippen LogP contribution < -0.4 is 4.74 Å². The Morgan fingerprint density at radius 3 is 2.19 bits per heavy atom. The Morgan fingerprint density at radius 1 is 0.774 bits per heavy atom. The second kappa shape index (κ2) is 8.28. The third-order valence-electron chi connectivity index (χ3n) is 5.11. The van der Waals surface area contributed by atoms with Crippen LogP contribution in [-0.4, -0.2) is 31.9 Å². The van der Waals surface area contributed by atoms with Crippen molar-refractivity contribution in [1.82, 2.24) is 24.8 Å². The molecule has 6 nitrogen and oxygen atoms in total. The molecule has 152 valence electrons. The molecule has 0 unspecified atom stereocenters. The Hall–Kier alpha value is -4.19. The highest BCUT2D eigenvalue weighted by Gasteiger charge is 2.14. The van der Waals surface area contributed by atoms with E-state index in [1.54, 1.807) is 7.11 Å². The first kappa shape index (κ1) is 18.8. The van der Waals surface area contributed by atoms with Crippen LogP contribution in [0.15, 0.2) is 97.3 Å². The van der Waals surface area contributed by atoms with Gasteiger partial charge in [0.15, 0.2) is 0 Å². The first-order chi connectivity index (χ1) is 15.3. The summed E-state index contributed by atoms with van der Waals surface area (Å²) in [5.74, 6) is 0.816. The summed E-state index contributed by atoms with van der Waals surface area (Å²) in [6.45, 7) is 0.564. The third kappa shape index (κ3) is 3.96. The Balaban J connectivity index is 1.52. The van der Waals surface area contributed by atoms with E-state index in [0.717, 1.165) is 39.5 Å². The molecule has 0 N–H and O–H groups in total. The highest BCUT2D eigenvalue weighted by atomic mass is 16.5. The summed E-state index contributed by atoms with van der Waals surface area (Å²) in [6.07, 6.45) is 4.02. The standard InChI is InChI=1S/C25H21N5O/c1-31-23-14-12-20(13-15-23)25-21(17-30(27-25)22-10-6-3-7-11-22)16-29-18-24(26-28-29)19-8-4-2-5-9-19/h2-15,17-18H,16H2,1H3. The van der Waals surface area contributed by atoms with Crippen LogP contribution in [0.5, 0.6) is 5.75 Å². The highest BCUT2D eigenvalue weighted by molar-refractivity contribution is 5.64. The number of aromatic nitrogens is 5. The Kier molecular flexibility index (Phi) is 5.02. The van der Waals surface area contributed by atoms with Gasteiger partial charge < -0.3 is 4.74 Å². The second-order valence-corrected chi connectivity index (χ2v) is 7.18. The van der Waals surface area contributed by atoms with Crippen molar-refractivity contribution in [2.75, 3.05) is 7.11 Å². The summed E-state index contributed by atoms with van der Waals surface area (Å²) in [6, 6.07) is 28.1. The lowest BCUT2D eigenvalue weighted by molar-refractivity contribution is 0.415. The van der Waals surface area contributed by atoms with Gasteiger partial charge in [0, 0.05) is 22.9 Å². The van der Waals surface area contributed by atoms with Crippen LogP contribution >= 0.6 is 0 Å². The zero-order valence-corrected chi connectivity index (χ0v) is 17.1. The van der Waals surface area contributed by atoms with E-state index < -0.39 is 0 Å². The van der Waals surface area contributed by atoms with Crippen LogP contribution in [0, 0.1) is 0 Å². The minimum Gasteiger partial charge on any atom is -0.497 e. The molecule has 0 atom stereocenters. The van der Waals surface area contributed by atoms with E-state index in [2.05, 4.69) is 16.5 Å². The van der Waals surface area contributed by atoms with Crippen molar-refractivity contribution in [1.29, 1.82) is 0 Å². The predicted octanol–water partition coefficient (Wildman–Crippen LogP) is 4.85. The molecule has 0 aliphatic carbocycles. The first-order valence-corrected chi connectivity index (χ1v) is 10.0. The molecule has 0 bridgehead atoms. The minimum atomic E-state index is 0.564. The number of nitrogens with zero attached hydrogens (tertiary/aromatic N) is 5. The second-order valence-electron chi connectivity index (χ2n) is 7.18. The highest BCUT2D eigenvalue weighted by Crippen LogP contribution is 2.27. The lowest BCUT2D eigenvalue weighted by Crippen LogP contribution is -2.01. The van der Waals surface area contributed by atoms with E-state index in [4.69, 9.17) is 9.84 Å². The average Bonchev–Trinajstić information content (AvgIpc) is 3.48. The molecule has 6 heteroatoms. The smallest absolute Gasteiger partial charge is 0.118 e. The molecule has 0 amide bonds. The lowest BCUT2D eigenvalue weighted by Gasteiger charge is -2.04. The molecule has 0 saturated heterocycles. The van der Waals surface area contributed by atoms with E-state index in [-0.39, 0.29) is 0 Å². The topological polar surface area (TPSA) is 57.8 Å². The Bertz CT molecular complexity index is 1270. The van der Waals surface area contributed by atoms with Crippen molar-refractivity contribution >= 4 is 0 Å². The van der Waals surface area contributed by atoms with Gasteiger partial charge in [0.05, 0.1) is 31.2 Å². The summed E-state index contributed by atoms with van der Waals surface area (Å²) in [7, 11) is 1.67. The fraction of sp³-hybridized carbons (Fsp3) is 0.0800. The fourth-order valence-corrected chi connectivity index (χ4v) is 3.52. The molecule has 0 aliphatic heterocycles. The molecule has 2 aromatic heterocycles. The maximum atomic E-state index is 5.30. The molecule has 0 spiro atoms. The van der Waals surface area contributed by atoms with Crippen LogP contribution in [0.1, 0.15) is 5.56 Å². The number of para-hydroxylation sites is 1. The van der Waals surface area contributed by atoms with Gasteiger partial charge in [0.1, 0.15) is 11.4 Å². The maximum Gasteiger partial charge on any atom is 0.118 e. The molecule has 5 aromatic rings. The number of hydrogen-bond acceptors (Lipinski definition) is 4. The molecule has 5 rings (SSSR count). The molecule has 2 heterocycles. The predicted molar refractivity (Wildman–Crippen MR) is 120 cm³/mol. The molecule has 0 aliphatic rings. The molecular weight excluding hydrogens is 386 g/mol. The molecular formula is C25H21N5O. The maximum absolute atomic E-state index is 5.30.